The number of nitrogens with one attached hydrogen (secondary N) is 1. The van der Waals surface area contributed by atoms with Crippen molar-refractivity contribution in [1.82, 2.24) is 25.0 Å². The lowest BCUT2D eigenvalue weighted by atomic mass is 10.0. The van der Waals surface area contributed by atoms with Crippen LogP contribution in [0.15, 0.2) is 98.3 Å². The number of benzene rings is 3. The molecule has 1 aliphatic rings. The van der Waals surface area contributed by atoms with Gasteiger partial charge in [0.2, 0.25) is 0 Å². The number of rotatable bonds is 5. The molecule has 0 bridgehead atoms. The summed E-state index contributed by atoms with van der Waals surface area (Å²) in [6, 6.07) is 19.8. The molecule has 1 aliphatic heterocycles. The van der Waals surface area contributed by atoms with Crippen LogP contribution in [0, 0.1) is 0 Å². The summed E-state index contributed by atoms with van der Waals surface area (Å²) in [4.78, 5) is 20.1. The Morgan fingerprint density at radius 3 is 2.84 bits per heavy atom. The fourth-order valence-electron chi connectivity index (χ4n) is 4.75. The molecule has 6 aromatic rings. The third-order valence-corrected chi connectivity index (χ3v) is 8.03. The van der Waals surface area contributed by atoms with E-state index in [0.29, 0.717) is 29.7 Å². The van der Waals surface area contributed by atoms with Gasteiger partial charge in [0.15, 0.2) is 5.43 Å². The predicted octanol–water partition coefficient (Wildman–Crippen LogP) is 6.05. The molecular weight excluding hydrogens is 550 g/mol. The molecule has 0 aliphatic carbocycles. The zero-order valence-electron chi connectivity index (χ0n) is 19.3. The van der Waals surface area contributed by atoms with Crippen LogP contribution in [0.4, 0.5) is 0 Å². The largest absolute Gasteiger partial charge is 0.489 e. The quantitative estimate of drug-likeness (QED) is 0.272. The molecule has 0 atom stereocenters. The second kappa shape index (κ2) is 8.86. The number of hydrogen-bond acceptors (Lipinski definition) is 6. The van der Waals surface area contributed by atoms with Gasteiger partial charge < -0.3 is 9.30 Å². The van der Waals surface area contributed by atoms with E-state index in [1.54, 1.807) is 24.2 Å². The maximum atomic E-state index is 13.8. The molecule has 1 N–H and O–H groups in total. The molecule has 0 amide bonds. The lowest BCUT2D eigenvalue weighted by Gasteiger charge is -2.24. The van der Waals surface area contributed by atoms with E-state index < -0.39 is 0 Å². The van der Waals surface area contributed by atoms with Crippen molar-refractivity contribution in [2.75, 3.05) is 0 Å². The van der Waals surface area contributed by atoms with Crippen LogP contribution in [-0.2, 0) is 13.0 Å². The van der Waals surface area contributed by atoms with Crippen molar-refractivity contribution in [2.45, 2.75) is 22.8 Å². The molecule has 37 heavy (non-hydrogen) atoms. The summed E-state index contributed by atoms with van der Waals surface area (Å²) in [6.07, 6.45) is 6.01. The van der Waals surface area contributed by atoms with Crippen molar-refractivity contribution in [1.29, 1.82) is 0 Å². The van der Waals surface area contributed by atoms with Gasteiger partial charge in [-0.3, -0.25) is 9.78 Å². The molecule has 3 aromatic heterocycles. The zero-order valence-corrected chi connectivity index (χ0v) is 21.7. The van der Waals surface area contributed by atoms with Crippen molar-refractivity contribution in [3.8, 4) is 11.4 Å². The SMILES string of the molecule is O=c1c(Cc2cccnc2)cn2c3c(cc(OCc4cccc5n[nH]nc45)cc13)Sc1cc(Br)ccc1-2. The Morgan fingerprint density at radius 1 is 1.00 bits per heavy atom. The summed E-state index contributed by atoms with van der Waals surface area (Å²) in [6.45, 7) is 0.311. The van der Waals surface area contributed by atoms with Crippen LogP contribution in [0.1, 0.15) is 16.7 Å². The van der Waals surface area contributed by atoms with E-state index in [-0.39, 0.29) is 5.43 Å². The van der Waals surface area contributed by atoms with Crippen molar-refractivity contribution in [2.24, 2.45) is 0 Å². The lowest BCUT2D eigenvalue weighted by Crippen LogP contribution is -2.17. The fourth-order valence-corrected chi connectivity index (χ4v) is 6.43. The first kappa shape index (κ1) is 22.3. The summed E-state index contributed by atoms with van der Waals surface area (Å²) in [5.74, 6) is 0.635. The Kier molecular flexibility index (Phi) is 5.33. The molecule has 0 spiro atoms. The molecule has 7 nitrogen and oxygen atoms in total. The van der Waals surface area contributed by atoms with Crippen LogP contribution in [0.3, 0.4) is 0 Å². The van der Waals surface area contributed by atoms with Gasteiger partial charge in [-0.05, 0) is 48.0 Å². The van der Waals surface area contributed by atoms with Crippen LogP contribution in [0.2, 0.25) is 0 Å². The summed E-state index contributed by atoms with van der Waals surface area (Å²) >= 11 is 5.24. The van der Waals surface area contributed by atoms with Crippen molar-refractivity contribution < 1.29 is 4.74 Å². The number of aromatic amines is 1. The van der Waals surface area contributed by atoms with Gasteiger partial charge in [-0.1, -0.05) is 45.9 Å². The van der Waals surface area contributed by atoms with Gasteiger partial charge in [0.25, 0.3) is 0 Å². The topological polar surface area (TPSA) is 85.7 Å². The summed E-state index contributed by atoms with van der Waals surface area (Å²) in [5.41, 5.74) is 6.12. The molecule has 9 heteroatoms. The van der Waals surface area contributed by atoms with Crippen molar-refractivity contribution in [3.05, 3.63) is 111 Å². The minimum absolute atomic E-state index is 0.00145. The van der Waals surface area contributed by atoms with Gasteiger partial charge in [-0.15, -0.1) is 0 Å². The number of hydrogen-bond donors (Lipinski definition) is 1. The minimum atomic E-state index is 0.00145. The van der Waals surface area contributed by atoms with E-state index in [1.807, 2.05) is 54.7 Å². The highest BCUT2D eigenvalue weighted by atomic mass is 79.9. The number of para-hydroxylation sites is 1. The fraction of sp³-hybridized carbons (Fsp3) is 0.0714. The second-order valence-electron chi connectivity index (χ2n) is 8.82. The smallest absolute Gasteiger partial charge is 0.193 e. The Hall–Kier alpha value is -3.95. The molecule has 3 aromatic carbocycles. The Balaban J connectivity index is 1.37. The van der Waals surface area contributed by atoms with Crippen LogP contribution in [0.5, 0.6) is 5.75 Å². The van der Waals surface area contributed by atoms with E-state index in [4.69, 9.17) is 4.74 Å². The molecule has 0 fully saturated rings. The number of ether oxygens (including phenoxy) is 1. The van der Waals surface area contributed by atoms with E-state index in [1.165, 1.54) is 0 Å². The molecule has 7 rings (SSSR count). The van der Waals surface area contributed by atoms with Crippen LogP contribution < -0.4 is 10.2 Å². The highest BCUT2D eigenvalue weighted by Crippen LogP contribution is 2.44. The maximum absolute atomic E-state index is 13.8. The summed E-state index contributed by atoms with van der Waals surface area (Å²) in [5, 5.41) is 11.7. The Bertz CT molecular complexity index is 1880. The number of halogens is 1. The molecule has 0 unspecified atom stereocenters. The monoisotopic (exact) mass is 567 g/mol. The van der Waals surface area contributed by atoms with Gasteiger partial charge >= 0.3 is 0 Å². The predicted molar refractivity (Wildman–Crippen MR) is 147 cm³/mol. The normalized spacial score (nSPS) is 12.1. The van der Waals surface area contributed by atoms with Crippen molar-refractivity contribution in [3.63, 3.8) is 0 Å². The second-order valence-corrected chi connectivity index (χ2v) is 10.8. The van der Waals surface area contributed by atoms with Gasteiger partial charge in [0, 0.05) is 50.4 Å². The van der Waals surface area contributed by atoms with Gasteiger partial charge in [-0.2, -0.15) is 15.4 Å². The van der Waals surface area contributed by atoms with E-state index >= 15 is 0 Å². The molecule has 4 heterocycles. The van der Waals surface area contributed by atoms with Crippen molar-refractivity contribution >= 4 is 49.6 Å². The third kappa shape index (κ3) is 3.91. The van der Waals surface area contributed by atoms with E-state index in [9.17, 15) is 4.79 Å². The molecule has 0 saturated carbocycles. The molecule has 0 saturated heterocycles. The standard InChI is InChI=1S/C28H18BrN5O2S/c29-19-6-7-23-24(10-19)37-25-12-20(36-15-17-4-1-5-22-26(17)32-33-31-22)11-21-27(25)34(23)14-18(28(21)35)9-16-3-2-8-30-13-16/h1-8,10-14H,9,15H2,(H,31,32,33). The number of aromatic nitrogens is 5. The molecule has 180 valence electrons. The Labute approximate surface area is 223 Å². The molecular formula is C28H18BrN5O2S. The maximum Gasteiger partial charge on any atom is 0.193 e. The van der Waals surface area contributed by atoms with Gasteiger partial charge in [0.1, 0.15) is 23.4 Å². The van der Waals surface area contributed by atoms with Gasteiger partial charge in [-0.25, -0.2) is 0 Å². The summed E-state index contributed by atoms with van der Waals surface area (Å²) in [7, 11) is 0. The lowest BCUT2D eigenvalue weighted by molar-refractivity contribution is 0.307. The van der Waals surface area contributed by atoms with E-state index in [0.717, 1.165) is 47.6 Å². The molecule has 0 radical (unpaired) electrons. The Morgan fingerprint density at radius 2 is 1.95 bits per heavy atom. The third-order valence-electron chi connectivity index (χ3n) is 6.45. The highest BCUT2D eigenvalue weighted by molar-refractivity contribution is 9.10. The first-order chi connectivity index (χ1) is 18.1. The van der Waals surface area contributed by atoms with Crippen LogP contribution in [-0.4, -0.2) is 25.0 Å². The number of H-pyrrole nitrogens is 1. The van der Waals surface area contributed by atoms with E-state index in [2.05, 4.69) is 53.0 Å². The van der Waals surface area contributed by atoms with Gasteiger partial charge in [0.05, 0.1) is 16.6 Å². The average Bonchev–Trinajstić information content (AvgIpc) is 3.40. The highest BCUT2D eigenvalue weighted by Gasteiger charge is 2.23. The zero-order chi connectivity index (χ0) is 24.9. The number of fused-ring (bicyclic) bond motifs is 3. The minimum Gasteiger partial charge on any atom is -0.489 e. The number of pyridine rings is 2. The average molecular weight is 568 g/mol. The summed E-state index contributed by atoms with van der Waals surface area (Å²) < 4.78 is 9.38. The van der Waals surface area contributed by atoms with Crippen LogP contribution in [0.25, 0.3) is 27.6 Å². The van der Waals surface area contributed by atoms with Crippen LogP contribution >= 0.6 is 27.7 Å². The number of nitrogens with zero attached hydrogens (tertiary/aromatic N) is 4. The first-order valence-corrected chi connectivity index (χ1v) is 13.2. The first-order valence-electron chi connectivity index (χ1n) is 11.6.